The van der Waals surface area contributed by atoms with Gasteiger partial charge in [-0.15, -0.1) is 0 Å². The van der Waals surface area contributed by atoms with Crippen LogP contribution < -0.4 is 4.18 Å². The molecule has 1 aliphatic rings. The Kier molecular flexibility index (Phi) is 10.3. The molecule has 0 N–H and O–H groups in total. The van der Waals surface area contributed by atoms with Crippen molar-refractivity contribution < 1.29 is 35.4 Å². The minimum absolute atomic E-state index is 0. The van der Waals surface area contributed by atoms with Gasteiger partial charge in [-0.05, 0) is 67.7 Å². The SMILES string of the molecule is C.CCN(CC)C(=O)c1ccc(C(=C2CCN(OC)CC2)c2cccc(OS(=O)(=O)C(F)(F)F)c2)cc1. The zero-order valence-electron chi connectivity index (χ0n) is 20.3. The first-order valence-electron chi connectivity index (χ1n) is 11.5. The Hall–Kier alpha value is -2.89. The molecule has 3 rings (SSSR count). The Morgan fingerprint density at radius 2 is 1.54 bits per heavy atom. The van der Waals surface area contributed by atoms with Crippen molar-refractivity contribution >= 4 is 21.6 Å². The van der Waals surface area contributed by atoms with E-state index in [1.54, 1.807) is 42.3 Å². The quantitative estimate of drug-likeness (QED) is 0.324. The van der Waals surface area contributed by atoms with Gasteiger partial charge < -0.3 is 13.9 Å². The summed E-state index contributed by atoms with van der Waals surface area (Å²) in [5.41, 5.74) is -1.97. The highest BCUT2D eigenvalue weighted by Gasteiger charge is 2.48. The number of rotatable bonds is 8. The summed E-state index contributed by atoms with van der Waals surface area (Å²) in [5.74, 6) is -0.535. The number of alkyl halides is 3. The highest BCUT2D eigenvalue weighted by atomic mass is 32.2. The van der Waals surface area contributed by atoms with Gasteiger partial charge in [-0.25, -0.2) is 0 Å². The Balaban J connectivity index is 0.00000481. The van der Waals surface area contributed by atoms with E-state index in [9.17, 15) is 26.4 Å². The molecule has 0 aromatic heterocycles. The van der Waals surface area contributed by atoms with Gasteiger partial charge in [-0.2, -0.15) is 26.7 Å². The number of carbonyl (C=O) groups is 1. The third-order valence-corrected chi connectivity index (χ3v) is 7.00. The summed E-state index contributed by atoms with van der Waals surface area (Å²) < 4.78 is 66.0. The fourth-order valence-electron chi connectivity index (χ4n) is 4.11. The smallest absolute Gasteiger partial charge is 0.376 e. The maximum Gasteiger partial charge on any atom is 0.534 e. The Bertz CT molecular complexity index is 1200. The van der Waals surface area contributed by atoms with Crippen LogP contribution >= 0.6 is 0 Å². The Morgan fingerprint density at radius 1 is 0.973 bits per heavy atom. The topological polar surface area (TPSA) is 76.2 Å². The predicted octanol–water partition coefficient (Wildman–Crippen LogP) is 5.49. The molecule has 1 amide bonds. The molecule has 0 spiro atoms. The number of hydrogen-bond acceptors (Lipinski definition) is 6. The summed E-state index contributed by atoms with van der Waals surface area (Å²) in [7, 11) is -4.22. The highest BCUT2D eigenvalue weighted by Crippen LogP contribution is 2.35. The standard InChI is InChI=1S/C25H29F3N2O5S.CH4/c1-4-29(5-2)24(31)20-11-9-18(10-12-20)23(19-13-15-30(34-3)16-14-19)21-7-6-8-22(17-21)35-36(32,33)25(26,27)28;/h6-12,17H,4-5,13-16H2,1-3H3;1H4. The number of carbonyl (C=O) groups excluding carboxylic acids is 1. The third-order valence-electron chi connectivity index (χ3n) is 6.02. The summed E-state index contributed by atoms with van der Waals surface area (Å²) in [6.45, 7) is 6.20. The zero-order chi connectivity index (χ0) is 26.5. The van der Waals surface area contributed by atoms with Crippen LogP contribution in [0.25, 0.3) is 5.57 Å². The monoisotopic (exact) mass is 542 g/mol. The van der Waals surface area contributed by atoms with Crippen LogP contribution in [0.4, 0.5) is 13.2 Å². The van der Waals surface area contributed by atoms with Crippen molar-refractivity contribution in [1.82, 2.24) is 9.96 Å². The lowest BCUT2D eigenvalue weighted by molar-refractivity contribution is -0.135. The number of hydroxylamine groups is 2. The van der Waals surface area contributed by atoms with Gasteiger partial charge in [0.25, 0.3) is 5.91 Å². The normalized spacial score (nSPS) is 14.6. The van der Waals surface area contributed by atoms with Crippen LogP contribution in [0.3, 0.4) is 0 Å². The second-order valence-corrected chi connectivity index (χ2v) is 9.69. The van der Waals surface area contributed by atoms with Crippen molar-refractivity contribution in [3.63, 3.8) is 0 Å². The lowest BCUT2D eigenvalue weighted by Gasteiger charge is -2.28. The molecule has 1 saturated heterocycles. The van der Waals surface area contributed by atoms with E-state index in [2.05, 4.69) is 4.18 Å². The van der Waals surface area contributed by atoms with E-state index in [1.807, 2.05) is 18.9 Å². The molecule has 37 heavy (non-hydrogen) atoms. The van der Waals surface area contributed by atoms with Crippen LogP contribution in [0.15, 0.2) is 54.1 Å². The summed E-state index contributed by atoms with van der Waals surface area (Å²) in [6.07, 6.45) is 1.27. The average molecular weight is 543 g/mol. The first-order chi connectivity index (χ1) is 17.0. The molecule has 0 saturated carbocycles. The van der Waals surface area contributed by atoms with Gasteiger partial charge in [0.05, 0.1) is 7.11 Å². The lowest BCUT2D eigenvalue weighted by Crippen LogP contribution is -2.30. The molecular formula is C26H33F3N2O5S. The summed E-state index contributed by atoms with van der Waals surface area (Å²) in [4.78, 5) is 19.7. The van der Waals surface area contributed by atoms with Gasteiger partial charge in [0.15, 0.2) is 0 Å². The first-order valence-corrected chi connectivity index (χ1v) is 12.9. The Labute approximate surface area is 216 Å². The fraction of sp³-hybridized carbons (Fsp3) is 0.423. The molecule has 1 fully saturated rings. The second-order valence-electron chi connectivity index (χ2n) is 8.16. The maximum absolute atomic E-state index is 12.8. The largest absolute Gasteiger partial charge is 0.534 e. The number of hydrogen-bond donors (Lipinski definition) is 0. The molecule has 0 unspecified atom stereocenters. The van der Waals surface area contributed by atoms with Crippen LogP contribution in [-0.2, 0) is 15.0 Å². The molecule has 204 valence electrons. The van der Waals surface area contributed by atoms with Gasteiger partial charge in [-0.1, -0.05) is 37.3 Å². The first kappa shape index (κ1) is 30.3. The number of nitrogens with zero attached hydrogens (tertiary/aromatic N) is 2. The second kappa shape index (κ2) is 12.6. The van der Waals surface area contributed by atoms with Crippen molar-refractivity contribution in [3.8, 4) is 5.75 Å². The molecule has 7 nitrogen and oxygen atoms in total. The molecular weight excluding hydrogens is 509 g/mol. The van der Waals surface area contributed by atoms with E-state index in [4.69, 9.17) is 4.84 Å². The van der Waals surface area contributed by atoms with Crippen LogP contribution in [0, 0.1) is 0 Å². The molecule has 0 radical (unpaired) electrons. The van der Waals surface area contributed by atoms with Crippen molar-refractivity contribution in [2.24, 2.45) is 0 Å². The lowest BCUT2D eigenvalue weighted by atomic mass is 9.88. The number of halogens is 3. The van der Waals surface area contributed by atoms with Crippen LogP contribution in [0.2, 0.25) is 0 Å². The van der Waals surface area contributed by atoms with Crippen LogP contribution in [0.1, 0.15) is 55.6 Å². The minimum Gasteiger partial charge on any atom is -0.376 e. The third kappa shape index (κ3) is 7.12. The van der Waals surface area contributed by atoms with Crippen molar-refractivity contribution in [3.05, 3.63) is 70.8 Å². The summed E-state index contributed by atoms with van der Waals surface area (Å²) >= 11 is 0. The van der Waals surface area contributed by atoms with E-state index in [1.165, 1.54) is 12.1 Å². The van der Waals surface area contributed by atoms with Gasteiger partial charge in [-0.3, -0.25) is 4.79 Å². The van der Waals surface area contributed by atoms with Gasteiger partial charge >= 0.3 is 15.6 Å². The van der Waals surface area contributed by atoms with E-state index >= 15 is 0 Å². The average Bonchev–Trinajstić information content (AvgIpc) is 2.85. The molecule has 1 heterocycles. The molecule has 1 aliphatic heterocycles. The van der Waals surface area contributed by atoms with Crippen LogP contribution in [-0.4, -0.2) is 63.1 Å². The molecule has 2 aromatic rings. The highest BCUT2D eigenvalue weighted by molar-refractivity contribution is 7.88. The van der Waals surface area contributed by atoms with E-state index in [-0.39, 0.29) is 13.3 Å². The summed E-state index contributed by atoms with van der Waals surface area (Å²) in [5, 5.41) is 1.81. The van der Waals surface area contributed by atoms with Gasteiger partial charge in [0.1, 0.15) is 5.75 Å². The molecule has 2 aromatic carbocycles. The molecule has 11 heteroatoms. The Morgan fingerprint density at radius 3 is 2.05 bits per heavy atom. The van der Waals surface area contributed by atoms with Gasteiger partial charge in [0.2, 0.25) is 0 Å². The zero-order valence-corrected chi connectivity index (χ0v) is 21.2. The number of piperidine rings is 1. The van der Waals surface area contributed by atoms with Crippen LogP contribution in [0.5, 0.6) is 5.75 Å². The predicted molar refractivity (Wildman–Crippen MR) is 136 cm³/mol. The van der Waals surface area contributed by atoms with E-state index in [0.717, 1.165) is 22.8 Å². The molecule has 0 aliphatic carbocycles. The number of amides is 1. The van der Waals surface area contributed by atoms with Crippen molar-refractivity contribution in [1.29, 1.82) is 0 Å². The molecule has 0 bridgehead atoms. The number of benzene rings is 2. The fourth-order valence-corrected chi connectivity index (χ4v) is 4.57. The molecule has 0 atom stereocenters. The van der Waals surface area contributed by atoms with Crippen molar-refractivity contribution in [2.75, 3.05) is 33.3 Å². The van der Waals surface area contributed by atoms with E-state index in [0.29, 0.717) is 50.1 Å². The minimum atomic E-state index is -5.80. The van der Waals surface area contributed by atoms with Crippen molar-refractivity contribution in [2.45, 2.75) is 39.6 Å². The van der Waals surface area contributed by atoms with E-state index < -0.39 is 21.4 Å². The van der Waals surface area contributed by atoms with Gasteiger partial charge in [0, 0.05) is 31.7 Å². The summed E-state index contributed by atoms with van der Waals surface area (Å²) in [6, 6.07) is 12.6. The maximum atomic E-state index is 12.8.